The zero-order chi connectivity index (χ0) is 21.6. The number of hydrogen-bond acceptors (Lipinski definition) is 4. The standard InChI is InChI=1S/C25H38N4O2/c1-25(8-9-25)24(31)29-12-10-28(11-13-29)23(30)18-4-2-17(3-5-18)19-6-7-22-21(14-19)20(15-26)16-27-22/h17-22,27H,2-14,16H2,1H3. The molecule has 2 amide bonds. The van der Waals surface area contributed by atoms with Crippen LogP contribution in [0, 0.1) is 46.3 Å². The Balaban J connectivity index is 1.08. The van der Waals surface area contributed by atoms with Crippen LogP contribution in [-0.2, 0) is 9.59 Å². The van der Waals surface area contributed by atoms with Gasteiger partial charge in [-0.3, -0.25) is 9.59 Å². The fraction of sp³-hybridized carbons (Fsp3) is 0.880. The van der Waals surface area contributed by atoms with E-state index in [1.165, 1.54) is 32.1 Å². The number of nitrogens with zero attached hydrogens (tertiary/aromatic N) is 3. The van der Waals surface area contributed by atoms with E-state index in [4.69, 9.17) is 0 Å². The molecule has 3 aliphatic carbocycles. The molecule has 3 saturated carbocycles. The maximum Gasteiger partial charge on any atom is 0.228 e. The SMILES string of the molecule is CC1(C(=O)N2CCN(C(=O)C3CCC(C4CCC5NCC(C#N)C5C4)CC3)CC2)CC1. The summed E-state index contributed by atoms with van der Waals surface area (Å²) in [4.78, 5) is 29.7. The maximum absolute atomic E-state index is 13.1. The molecule has 0 spiro atoms. The highest BCUT2D eigenvalue weighted by Crippen LogP contribution is 2.47. The average Bonchev–Trinajstić information content (AvgIpc) is 3.44. The molecule has 170 valence electrons. The van der Waals surface area contributed by atoms with Crippen LogP contribution in [0.3, 0.4) is 0 Å². The summed E-state index contributed by atoms with van der Waals surface area (Å²) in [6, 6.07) is 3.09. The van der Waals surface area contributed by atoms with Crippen molar-refractivity contribution in [2.24, 2.45) is 35.0 Å². The molecule has 5 fully saturated rings. The van der Waals surface area contributed by atoms with Crippen LogP contribution in [0.2, 0.25) is 0 Å². The third-order valence-corrected chi connectivity index (χ3v) is 9.41. The smallest absolute Gasteiger partial charge is 0.228 e. The first kappa shape index (κ1) is 21.2. The van der Waals surface area contributed by atoms with E-state index in [9.17, 15) is 14.9 Å². The van der Waals surface area contributed by atoms with Gasteiger partial charge in [-0.15, -0.1) is 0 Å². The number of carbonyl (C=O) groups is 2. The number of carbonyl (C=O) groups excluding carboxylic acids is 2. The zero-order valence-corrected chi connectivity index (χ0v) is 19.0. The lowest BCUT2D eigenvalue weighted by atomic mass is 9.66. The quantitative estimate of drug-likeness (QED) is 0.753. The Kier molecular flexibility index (Phi) is 5.75. The molecule has 0 aromatic heterocycles. The summed E-state index contributed by atoms with van der Waals surface area (Å²) in [6.45, 7) is 5.76. The first-order valence-electron chi connectivity index (χ1n) is 12.7. The predicted molar refractivity (Wildman–Crippen MR) is 118 cm³/mol. The monoisotopic (exact) mass is 426 g/mol. The van der Waals surface area contributed by atoms with E-state index in [1.807, 2.05) is 9.80 Å². The van der Waals surface area contributed by atoms with Crippen LogP contribution in [-0.4, -0.2) is 60.4 Å². The van der Waals surface area contributed by atoms with Gasteiger partial charge in [-0.25, -0.2) is 0 Å². The zero-order valence-electron chi connectivity index (χ0n) is 19.0. The van der Waals surface area contributed by atoms with Crippen LogP contribution >= 0.6 is 0 Å². The third kappa shape index (κ3) is 4.11. The molecule has 0 radical (unpaired) electrons. The molecule has 31 heavy (non-hydrogen) atoms. The Morgan fingerprint density at radius 3 is 2.23 bits per heavy atom. The first-order chi connectivity index (χ1) is 15.0. The van der Waals surface area contributed by atoms with E-state index in [2.05, 4.69) is 18.3 Å². The number of piperazine rings is 1. The van der Waals surface area contributed by atoms with Crippen LogP contribution in [0.4, 0.5) is 0 Å². The largest absolute Gasteiger partial charge is 0.339 e. The summed E-state index contributed by atoms with van der Waals surface area (Å²) >= 11 is 0. The van der Waals surface area contributed by atoms with E-state index in [-0.39, 0.29) is 17.3 Å². The van der Waals surface area contributed by atoms with Crippen molar-refractivity contribution in [1.29, 1.82) is 5.26 Å². The van der Waals surface area contributed by atoms with Crippen molar-refractivity contribution in [2.45, 2.75) is 70.8 Å². The van der Waals surface area contributed by atoms with Crippen LogP contribution in [0.15, 0.2) is 0 Å². The van der Waals surface area contributed by atoms with E-state index in [1.54, 1.807) is 0 Å². The second-order valence-corrected chi connectivity index (χ2v) is 11.3. The van der Waals surface area contributed by atoms with E-state index >= 15 is 0 Å². The van der Waals surface area contributed by atoms with Crippen LogP contribution in [0.25, 0.3) is 0 Å². The van der Waals surface area contributed by atoms with Gasteiger partial charge >= 0.3 is 0 Å². The minimum Gasteiger partial charge on any atom is -0.339 e. The van der Waals surface area contributed by atoms with Gasteiger partial charge in [-0.2, -0.15) is 5.26 Å². The summed E-state index contributed by atoms with van der Waals surface area (Å²) in [7, 11) is 0. The highest BCUT2D eigenvalue weighted by molar-refractivity contribution is 5.85. The first-order valence-corrected chi connectivity index (χ1v) is 12.7. The summed E-state index contributed by atoms with van der Waals surface area (Å²) < 4.78 is 0. The van der Waals surface area contributed by atoms with Crippen molar-refractivity contribution in [3.8, 4) is 6.07 Å². The fourth-order valence-electron chi connectivity index (χ4n) is 6.95. The van der Waals surface area contributed by atoms with Gasteiger partial charge in [-0.1, -0.05) is 6.92 Å². The summed E-state index contributed by atoms with van der Waals surface area (Å²) in [5.41, 5.74) is -0.106. The molecular formula is C25H38N4O2. The highest BCUT2D eigenvalue weighted by atomic mass is 16.2. The predicted octanol–water partition coefficient (Wildman–Crippen LogP) is 2.79. The molecule has 0 aromatic rings. The number of fused-ring (bicyclic) bond motifs is 1. The number of hydrogen-bond donors (Lipinski definition) is 1. The molecule has 6 nitrogen and oxygen atoms in total. The van der Waals surface area contributed by atoms with Crippen LogP contribution < -0.4 is 5.32 Å². The Morgan fingerprint density at radius 1 is 0.935 bits per heavy atom. The van der Waals surface area contributed by atoms with Crippen molar-refractivity contribution in [3.05, 3.63) is 0 Å². The summed E-state index contributed by atoms with van der Waals surface area (Å²) in [6.07, 6.45) is 10.1. The van der Waals surface area contributed by atoms with Crippen molar-refractivity contribution in [2.75, 3.05) is 32.7 Å². The third-order valence-electron chi connectivity index (χ3n) is 9.41. The number of nitriles is 1. The molecule has 2 saturated heterocycles. The van der Waals surface area contributed by atoms with Crippen molar-refractivity contribution < 1.29 is 9.59 Å². The Morgan fingerprint density at radius 2 is 1.58 bits per heavy atom. The minimum absolute atomic E-state index is 0.106. The second-order valence-electron chi connectivity index (χ2n) is 11.3. The molecule has 2 aliphatic heterocycles. The molecule has 4 atom stereocenters. The van der Waals surface area contributed by atoms with E-state index < -0.39 is 0 Å². The molecule has 1 N–H and O–H groups in total. The van der Waals surface area contributed by atoms with Gasteiger partial charge in [0.25, 0.3) is 0 Å². The van der Waals surface area contributed by atoms with Gasteiger partial charge in [-0.05, 0) is 75.5 Å². The molecule has 0 aromatic carbocycles. The van der Waals surface area contributed by atoms with Crippen molar-refractivity contribution in [3.63, 3.8) is 0 Å². The molecule has 6 heteroatoms. The van der Waals surface area contributed by atoms with Gasteiger partial charge in [0.15, 0.2) is 0 Å². The lowest BCUT2D eigenvalue weighted by Crippen LogP contribution is -2.53. The van der Waals surface area contributed by atoms with Crippen LogP contribution in [0.5, 0.6) is 0 Å². The van der Waals surface area contributed by atoms with Gasteiger partial charge in [0, 0.05) is 50.1 Å². The van der Waals surface area contributed by atoms with Gasteiger partial charge in [0.05, 0.1) is 12.0 Å². The number of nitrogens with one attached hydrogen (secondary N) is 1. The topological polar surface area (TPSA) is 76.4 Å². The van der Waals surface area contributed by atoms with Gasteiger partial charge in [0.1, 0.15) is 0 Å². The average molecular weight is 427 g/mol. The van der Waals surface area contributed by atoms with Gasteiger partial charge in [0.2, 0.25) is 11.8 Å². The number of amides is 2. The molecule has 2 heterocycles. The fourth-order valence-corrected chi connectivity index (χ4v) is 6.95. The van der Waals surface area contributed by atoms with E-state index in [0.717, 1.165) is 44.1 Å². The lowest BCUT2D eigenvalue weighted by Gasteiger charge is -2.41. The molecule has 4 unspecified atom stereocenters. The van der Waals surface area contributed by atoms with Crippen molar-refractivity contribution in [1.82, 2.24) is 15.1 Å². The maximum atomic E-state index is 13.1. The lowest BCUT2D eigenvalue weighted by molar-refractivity contribution is -0.145. The van der Waals surface area contributed by atoms with E-state index in [0.29, 0.717) is 50.0 Å². The molecule has 5 rings (SSSR count). The molecular weight excluding hydrogens is 388 g/mol. The van der Waals surface area contributed by atoms with Crippen LogP contribution in [0.1, 0.15) is 64.7 Å². The number of rotatable bonds is 3. The minimum atomic E-state index is -0.106. The molecule has 5 aliphatic rings. The van der Waals surface area contributed by atoms with Crippen molar-refractivity contribution >= 4 is 11.8 Å². The summed E-state index contributed by atoms with van der Waals surface area (Å²) in [5, 5.41) is 13.0. The Bertz CT molecular complexity index is 741. The molecule has 0 bridgehead atoms. The normalized spacial score (nSPS) is 39.5. The summed E-state index contributed by atoms with van der Waals surface area (Å²) in [5.74, 6) is 3.02. The Hall–Kier alpha value is -1.61. The van der Waals surface area contributed by atoms with Gasteiger partial charge < -0.3 is 15.1 Å². The highest BCUT2D eigenvalue weighted by Gasteiger charge is 2.48. The Labute approximate surface area is 186 Å². The second kappa shape index (κ2) is 8.39.